The molecule has 0 saturated heterocycles. The molecule has 0 atom stereocenters. The lowest BCUT2D eigenvalue weighted by Crippen LogP contribution is -2.39. The third-order valence-corrected chi connectivity index (χ3v) is 3.45. The molecule has 1 rings (SSSR count). The molecular formula is C14H22Cl2IN3O. The van der Waals surface area contributed by atoms with Crippen LogP contribution in [0.1, 0.15) is 12.5 Å². The Morgan fingerprint density at radius 2 is 2.05 bits per heavy atom. The number of halogens is 3. The molecule has 4 nitrogen and oxygen atoms in total. The van der Waals surface area contributed by atoms with Crippen molar-refractivity contribution in [1.29, 1.82) is 0 Å². The number of rotatable bonds is 6. The maximum atomic E-state index is 6.02. The van der Waals surface area contributed by atoms with Crippen LogP contribution in [0.4, 0.5) is 0 Å². The molecule has 1 aromatic rings. The first-order valence-electron chi connectivity index (χ1n) is 6.52. The minimum absolute atomic E-state index is 0. The molecule has 0 fully saturated rings. The zero-order valence-electron chi connectivity index (χ0n) is 12.5. The summed E-state index contributed by atoms with van der Waals surface area (Å²) in [6.07, 6.45) is 0. The number of nitrogens with zero attached hydrogens (tertiary/aromatic N) is 2. The molecule has 0 aliphatic heterocycles. The van der Waals surface area contributed by atoms with Crippen LogP contribution >= 0.6 is 47.2 Å². The minimum atomic E-state index is 0. The second-order valence-electron chi connectivity index (χ2n) is 4.28. The number of ether oxygens (including phenoxy) is 1. The van der Waals surface area contributed by atoms with Crippen LogP contribution in [-0.2, 0) is 11.3 Å². The molecule has 0 saturated carbocycles. The Balaban J connectivity index is 0.00000400. The van der Waals surface area contributed by atoms with E-state index in [4.69, 9.17) is 27.9 Å². The zero-order chi connectivity index (χ0) is 15.0. The van der Waals surface area contributed by atoms with E-state index in [1.54, 1.807) is 13.1 Å². The molecule has 0 radical (unpaired) electrons. The van der Waals surface area contributed by atoms with Gasteiger partial charge in [-0.25, -0.2) is 0 Å². The highest BCUT2D eigenvalue weighted by Gasteiger charge is 2.07. The molecule has 0 heterocycles. The smallest absolute Gasteiger partial charge is 0.193 e. The third-order valence-electron chi connectivity index (χ3n) is 2.71. The molecule has 21 heavy (non-hydrogen) atoms. The van der Waals surface area contributed by atoms with E-state index >= 15 is 0 Å². The maximum absolute atomic E-state index is 6.02. The third kappa shape index (κ3) is 7.54. The van der Waals surface area contributed by atoms with Crippen molar-refractivity contribution in [2.45, 2.75) is 13.5 Å². The van der Waals surface area contributed by atoms with Crippen LogP contribution in [-0.4, -0.2) is 44.7 Å². The maximum Gasteiger partial charge on any atom is 0.193 e. The average molecular weight is 446 g/mol. The molecule has 1 aromatic carbocycles. The average Bonchev–Trinajstić information content (AvgIpc) is 2.43. The summed E-state index contributed by atoms with van der Waals surface area (Å²) in [6.45, 7) is 4.79. The second kappa shape index (κ2) is 11.3. The summed E-state index contributed by atoms with van der Waals surface area (Å²) in [4.78, 5) is 6.26. The van der Waals surface area contributed by atoms with Gasteiger partial charge in [-0.15, -0.1) is 24.0 Å². The van der Waals surface area contributed by atoms with Crippen molar-refractivity contribution in [2.24, 2.45) is 4.99 Å². The topological polar surface area (TPSA) is 36.9 Å². The second-order valence-corrected chi connectivity index (χ2v) is 5.09. The first kappa shape index (κ1) is 20.8. The van der Waals surface area contributed by atoms with E-state index in [1.807, 2.05) is 31.0 Å². The van der Waals surface area contributed by atoms with Gasteiger partial charge in [0.05, 0.1) is 16.7 Å². The lowest BCUT2D eigenvalue weighted by Gasteiger charge is -2.22. The number of hydrogen-bond acceptors (Lipinski definition) is 2. The van der Waals surface area contributed by atoms with Gasteiger partial charge in [-0.1, -0.05) is 29.3 Å². The Labute approximate surface area is 153 Å². The predicted octanol–water partition coefficient (Wildman–Crippen LogP) is 3.66. The fourth-order valence-electron chi connectivity index (χ4n) is 1.75. The number of nitrogens with one attached hydrogen (secondary N) is 1. The summed E-state index contributed by atoms with van der Waals surface area (Å²) in [5.41, 5.74) is 1.08. The summed E-state index contributed by atoms with van der Waals surface area (Å²) in [6, 6.07) is 5.63. The largest absolute Gasteiger partial charge is 0.380 e. The van der Waals surface area contributed by atoms with E-state index in [0.29, 0.717) is 23.2 Å². The van der Waals surface area contributed by atoms with E-state index in [0.717, 1.165) is 24.7 Å². The van der Waals surface area contributed by atoms with Crippen LogP contribution < -0.4 is 5.32 Å². The summed E-state index contributed by atoms with van der Waals surface area (Å²) in [7, 11) is 3.73. The SMILES string of the molecule is CCOCCNC(=NC)N(C)Cc1ccc(Cl)c(Cl)c1.I. The molecule has 7 heteroatoms. The van der Waals surface area contributed by atoms with Crippen LogP contribution in [0.25, 0.3) is 0 Å². The van der Waals surface area contributed by atoms with Gasteiger partial charge >= 0.3 is 0 Å². The number of hydrogen-bond donors (Lipinski definition) is 1. The monoisotopic (exact) mass is 445 g/mol. The van der Waals surface area contributed by atoms with E-state index < -0.39 is 0 Å². The summed E-state index contributed by atoms with van der Waals surface area (Å²) in [5.74, 6) is 0.816. The molecule has 0 aliphatic rings. The predicted molar refractivity (Wildman–Crippen MR) is 101 cm³/mol. The van der Waals surface area contributed by atoms with Gasteiger partial charge in [0.2, 0.25) is 0 Å². The van der Waals surface area contributed by atoms with Crippen molar-refractivity contribution in [2.75, 3.05) is 33.9 Å². The lowest BCUT2D eigenvalue weighted by molar-refractivity contribution is 0.152. The fourth-order valence-corrected chi connectivity index (χ4v) is 2.07. The Hall–Kier alpha value is -0.240. The van der Waals surface area contributed by atoms with Gasteiger partial charge in [-0.05, 0) is 24.6 Å². The summed E-state index contributed by atoms with van der Waals surface area (Å²) >= 11 is 11.9. The van der Waals surface area contributed by atoms with Gasteiger partial charge < -0.3 is 15.0 Å². The molecule has 0 bridgehead atoms. The molecule has 0 aliphatic carbocycles. The van der Waals surface area contributed by atoms with Crippen LogP contribution in [0, 0.1) is 0 Å². The molecule has 120 valence electrons. The summed E-state index contributed by atoms with van der Waals surface area (Å²) < 4.78 is 5.29. The van der Waals surface area contributed by atoms with Crippen molar-refractivity contribution in [3.05, 3.63) is 33.8 Å². The van der Waals surface area contributed by atoms with E-state index in [9.17, 15) is 0 Å². The highest BCUT2D eigenvalue weighted by atomic mass is 127. The molecule has 0 unspecified atom stereocenters. The Morgan fingerprint density at radius 3 is 2.62 bits per heavy atom. The number of benzene rings is 1. The van der Waals surface area contributed by atoms with Gasteiger partial charge in [0.1, 0.15) is 0 Å². The van der Waals surface area contributed by atoms with Crippen molar-refractivity contribution in [3.8, 4) is 0 Å². The standard InChI is InChI=1S/C14H21Cl2N3O.HI/c1-4-20-8-7-18-14(17-2)19(3)10-11-5-6-12(15)13(16)9-11;/h5-6,9H,4,7-8,10H2,1-3H3,(H,17,18);1H. The Kier molecular flexibility index (Phi) is 11.2. The number of guanidine groups is 1. The van der Waals surface area contributed by atoms with Crippen LogP contribution in [0.3, 0.4) is 0 Å². The van der Waals surface area contributed by atoms with Gasteiger partial charge in [-0.2, -0.15) is 0 Å². The lowest BCUT2D eigenvalue weighted by atomic mass is 10.2. The Morgan fingerprint density at radius 1 is 1.33 bits per heavy atom. The fraction of sp³-hybridized carbons (Fsp3) is 0.500. The van der Waals surface area contributed by atoms with Gasteiger partial charge in [-0.3, -0.25) is 4.99 Å². The van der Waals surface area contributed by atoms with E-state index in [2.05, 4.69) is 10.3 Å². The molecule has 0 aromatic heterocycles. The Bertz CT molecular complexity index is 458. The summed E-state index contributed by atoms with van der Waals surface area (Å²) in [5, 5.41) is 4.38. The van der Waals surface area contributed by atoms with E-state index in [-0.39, 0.29) is 24.0 Å². The van der Waals surface area contributed by atoms with E-state index in [1.165, 1.54) is 0 Å². The zero-order valence-corrected chi connectivity index (χ0v) is 16.4. The van der Waals surface area contributed by atoms with Crippen molar-refractivity contribution >= 4 is 53.1 Å². The quantitative estimate of drug-likeness (QED) is 0.314. The first-order valence-corrected chi connectivity index (χ1v) is 7.27. The van der Waals surface area contributed by atoms with Crippen LogP contribution in [0.2, 0.25) is 10.0 Å². The van der Waals surface area contributed by atoms with Gasteiger partial charge in [0.15, 0.2) is 5.96 Å². The van der Waals surface area contributed by atoms with Gasteiger partial charge in [0.25, 0.3) is 0 Å². The van der Waals surface area contributed by atoms with Crippen molar-refractivity contribution in [3.63, 3.8) is 0 Å². The van der Waals surface area contributed by atoms with Crippen LogP contribution in [0.15, 0.2) is 23.2 Å². The van der Waals surface area contributed by atoms with Crippen molar-refractivity contribution in [1.82, 2.24) is 10.2 Å². The van der Waals surface area contributed by atoms with Gasteiger partial charge in [0, 0.05) is 33.8 Å². The molecular weight excluding hydrogens is 424 g/mol. The molecule has 1 N–H and O–H groups in total. The normalized spacial score (nSPS) is 11.0. The highest BCUT2D eigenvalue weighted by molar-refractivity contribution is 14.0. The highest BCUT2D eigenvalue weighted by Crippen LogP contribution is 2.23. The van der Waals surface area contributed by atoms with Crippen molar-refractivity contribution < 1.29 is 4.74 Å². The van der Waals surface area contributed by atoms with Crippen LogP contribution in [0.5, 0.6) is 0 Å². The molecule has 0 spiro atoms. The molecule has 0 amide bonds. The minimum Gasteiger partial charge on any atom is -0.380 e. The number of aliphatic imine (C=N–C) groups is 1. The first-order chi connectivity index (χ1) is 9.58.